The number of hydrogen-bond donors (Lipinski definition) is 2. The van der Waals surface area contributed by atoms with E-state index in [0.717, 1.165) is 16.3 Å². The van der Waals surface area contributed by atoms with E-state index < -0.39 is 6.10 Å². The lowest BCUT2D eigenvalue weighted by Crippen LogP contribution is -2.25. The van der Waals surface area contributed by atoms with Gasteiger partial charge in [-0.3, -0.25) is 4.79 Å². The summed E-state index contributed by atoms with van der Waals surface area (Å²) in [6.07, 6.45) is -0.139. The minimum atomic E-state index is -0.611. The van der Waals surface area contributed by atoms with Crippen LogP contribution in [0.3, 0.4) is 0 Å². The van der Waals surface area contributed by atoms with Crippen LogP contribution in [0.5, 0.6) is 0 Å². The number of benzene rings is 3. The topological polar surface area (TPSA) is 49.3 Å². The average Bonchev–Trinajstić information content (AvgIpc) is 2.66. The van der Waals surface area contributed by atoms with Gasteiger partial charge in [-0.05, 0) is 45.9 Å². The van der Waals surface area contributed by atoms with Crippen LogP contribution < -0.4 is 5.32 Å². The number of amides is 1. The third-order valence-electron chi connectivity index (χ3n) is 4.90. The molecule has 0 spiro atoms. The molecule has 3 heteroatoms. The molecular formula is C24H27NO2. The summed E-state index contributed by atoms with van der Waals surface area (Å²) in [5.41, 5.74) is 2.81. The van der Waals surface area contributed by atoms with E-state index >= 15 is 0 Å². The highest BCUT2D eigenvalue weighted by atomic mass is 16.3. The smallest absolute Gasteiger partial charge is 0.251 e. The van der Waals surface area contributed by atoms with E-state index in [9.17, 15) is 9.90 Å². The third-order valence-corrected chi connectivity index (χ3v) is 4.90. The number of aliphatic hydroxyl groups is 1. The summed E-state index contributed by atoms with van der Waals surface area (Å²) in [7, 11) is 0. The number of fused-ring (bicyclic) bond motifs is 1. The zero-order valence-electron chi connectivity index (χ0n) is 16.2. The molecule has 1 unspecified atom stereocenters. The van der Waals surface area contributed by atoms with E-state index in [1.165, 1.54) is 5.56 Å². The zero-order chi connectivity index (χ0) is 19.4. The molecule has 140 valence electrons. The summed E-state index contributed by atoms with van der Waals surface area (Å²) in [6.45, 7) is 6.87. The Labute approximate surface area is 161 Å². The van der Waals surface area contributed by atoms with Gasteiger partial charge in [0.05, 0.1) is 6.10 Å². The van der Waals surface area contributed by atoms with Gasteiger partial charge in [0.1, 0.15) is 0 Å². The van der Waals surface area contributed by atoms with Crippen LogP contribution in [0.1, 0.15) is 54.8 Å². The van der Waals surface area contributed by atoms with Gasteiger partial charge in [-0.15, -0.1) is 0 Å². The van der Waals surface area contributed by atoms with Gasteiger partial charge in [0.15, 0.2) is 0 Å². The summed E-state index contributed by atoms with van der Waals surface area (Å²) < 4.78 is 0. The minimum absolute atomic E-state index is 0.0670. The maximum absolute atomic E-state index is 12.3. The van der Waals surface area contributed by atoms with Gasteiger partial charge in [-0.2, -0.15) is 0 Å². The second kappa shape index (κ2) is 7.93. The quantitative estimate of drug-likeness (QED) is 0.672. The fourth-order valence-corrected chi connectivity index (χ4v) is 3.24. The number of rotatable bonds is 5. The molecule has 3 nitrogen and oxygen atoms in total. The lowest BCUT2D eigenvalue weighted by molar-refractivity contribution is 0.0943. The van der Waals surface area contributed by atoms with Gasteiger partial charge in [0, 0.05) is 12.1 Å². The van der Waals surface area contributed by atoms with Gasteiger partial charge in [0.2, 0.25) is 0 Å². The Morgan fingerprint density at radius 1 is 0.963 bits per heavy atom. The van der Waals surface area contributed by atoms with Gasteiger partial charge in [0.25, 0.3) is 5.91 Å². The van der Waals surface area contributed by atoms with Crippen molar-refractivity contribution in [3.8, 4) is 0 Å². The fraction of sp³-hybridized carbons (Fsp3) is 0.292. The van der Waals surface area contributed by atoms with Crippen molar-refractivity contribution in [2.45, 2.75) is 38.7 Å². The first kappa shape index (κ1) is 19.1. The second-order valence-corrected chi connectivity index (χ2v) is 7.96. The molecule has 0 aliphatic carbocycles. The third kappa shape index (κ3) is 4.55. The zero-order valence-corrected chi connectivity index (χ0v) is 16.2. The number of carbonyl (C=O) groups is 1. The molecule has 27 heavy (non-hydrogen) atoms. The Bertz CT molecular complexity index is 918. The molecule has 0 saturated carbocycles. The van der Waals surface area contributed by atoms with Crippen LogP contribution in [0.2, 0.25) is 0 Å². The fourth-order valence-electron chi connectivity index (χ4n) is 3.24. The van der Waals surface area contributed by atoms with Crippen LogP contribution in [0, 0.1) is 0 Å². The van der Waals surface area contributed by atoms with Crippen molar-refractivity contribution in [2.24, 2.45) is 0 Å². The van der Waals surface area contributed by atoms with Crippen molar-refractivity contribution >= 4 is 16.7 Å². The molecule has 0 saturated heterocycles. The maximum Gasteiger partial charge on any atom is 0.251 e. The van der Waals surface area contributed by atoms with Crippen LogP contribution in [0.15, 0.2) is 66.7 Å². The molecule has 1 atom stereocenters. The lowest BCUT2D eigenvalue weighted by Gasteiger charge is -2.19. The van der Waals surface area contributed by atoms with Crippen molar-refractivity contribution in [3.63, 3.8) is 0 Å². The molecule has 3 aromatic carbocycles. The molecule has 1 amide bonds. The van der Waals surface area contributed by atoms with Crippen LogP contribution in [-0.4, -0.2) is 17.6 Å². The predicted octanol–water partition coefficient (Wildman–Crippen LogP) is 4.99. The molecule has 2 N–H and O–H groups in total. The Kier molecular flexibility index (Phi) is 5.62. The number of hydrogen-bond acceptors (Lipinski definition) is 2. The first-order valence-corrected chi connectivity index (χ1v) is 9.41. The minimum Gasteiger partial charge on any atom is -0.388 e. The molecular weight excluding hydrogens is 334 g/mol. The lowest BCUT2D eigenvalue weighted by atomic mass is 9.87. The largest absolute Gasteiger partial charge is 0.388 e. The highest BCUT2D eigenvalue weighted by Gasteiger charge is 2.15. The Morgan fingerprint density at radius 3 is 2.33 bits per heavy atom. The summed E-state index contributed by atoms with van der Waals surface area (Å²) in [5, 5.41) is 15.6. The van der Waals surface area contributed by atoms with Crippen molar-refractivity contribution in [3.05, 3.63) is 83.4 Å². The van der Waals surface area contributed by atoms with Crippen molar-refractivity contribution in [1.82, 2.24) is 5.32 Å². The van der Waals surface area contributed by atoms with E-state index in [4.69, 9.17) is 0 Å². The van der Waals surface area contributed by atoms with Gasteiger partial charge < -0.3 is 10.4 Å². The van der Waals surface area contributed by atoms with E-state index in [2.05, 4.69) is 26.1 Å². The van der Waals surface area contributed by atoms with Crippen molar-refractivity contribution in [1.29, 1.82) is 0 Å². The molecule has 0 radical (unpaired) electrons. The number of carbonyl (C=O) groups excluding carboxylic acids is 1. The highest BCUT2D eigenvalue weighted by Crippen LogP contribution is 2.26. The average molecular weight is 361 g/mol. The van der Waals surface area contributed by atoms with Crippen molar-refractivity contribution < 1.29 is 9.90 Å². The van der Waals surface area contributed by atoms with Gasteiger partial charge >= 0.3 is 0 Å². The van der Waals surface area contributed by atoms with Crippen LogP contribution in [0.4, 0.5) is 0 Å². The van der Waals surface area contributed by atoms with E-state index in [1.807, 2.05) is 66.7 Å². The summed E-state index contributed by atoms with van der Waals surface area (Å²) >= 11 is 0. The molecule has 0 aromatic heterocycles. The van der Waals surface area contributed by atoms with Crippen LogP contribution >= 0.6 is 0 Å². The Morgan fingerprint density at radius 2 is 1.63 bits per heavy atom. The normalized spacial score (nSPS) is 12.7. The molecule has 0 bridgehead atoms. The van der Waals surface area contributed by atoms with Crippen LogP contribution in [0.25, 0.3) is 10.8 Å². The second-order valence-electron chi connectivity index (χ2n) is 7.96. The number of aliphatic hydroxyl groups excluding tert-OH is 1. The van der Waals surface area contributed by atoms with Gasteiger partial charge in [-0.25, -0.2) is 0 Å². The Hall–Kier alpha value is -2.65. The first-order valence-electron chi connectivity index (χ1n) is 9.41. The molecule has 3 aromatic rings. The van der Waals surface area contributed by atoms with Crippen LogP contribution in [-0.2, 0) is 5.41 Å². The van der Waals surface area contributed by atoms with Crippen molar-refractivity contribution in [2.75, 3.05) is 6.54 Å². The van der Waals surface area contributed by atoms with E-state index in [0.29, 0.717) is 18.5 Å². The maximum atomic E-state index is 12.3. The Balaban J connectivity index is 1.59. The highest BCUT2D eigenvalue weighted by molar-refractivity contribution is 5.94. The predicted molar refractivity (Wildman–Crippen MR) is 111 cm³/mol. The van der Waals surface area contributed by atoms with E-state index in [1.54, 1.807) is 0 Å². The monoisotopic (exact) mass is 361 g/mol. The molecule has 0 aliphatic rings. The summed E-state index contributed by atoms with van der Waals surface area (Å²) in [6, 6.07) is 21.7. The molecule has 0 aliphatic heterocycles. The first-order chi connectivity index (χ1) is 12.9. The number of nitrogens with one attached hydrogen (secondary N) is 1. The molecule has 3 rings (SSSR count). The summed E-state index contributed by atoms with van der Waals surface area (Å²) in [5.74, 6) is -0.111. The summed E-state index contributed by atoms with van der Waals surface area (Å²) in [4.78, 5) is 12.3. The SMILES string of the molecule is CC(C)(C)c1ccc(C(=O)NCCC(O)c2cccc3ccccc23)cc1. The van der Waals surface area contributed by atoms with Gasteiger partial charge in [-0.1, -0.05) is 75.4 Å². The molecule has 0 fully saturated rings. The molecule has 0 heterocycles. The van der Waals surface area contributed by atoms with E-state index in [-0.39, 0.29) is 11.3 Å². The standard InChI is InChI=1S/C24H27NO2/c1-24(2,3)19-13-11-18(12-14-19)23(27)25-16-15-22(26)21-10-6-8-17-7-4-5-9-20(17)21/h4-14,22,26H,15-16H2,1-3H3,(H,25,27).